The van der Waals surface area contributed by atoms with Crippen molar-refractivity contribution in [1.82, 2.24) is 0 Å². The average Bonchev–Trinajstić information content (AvgIpc) is 2.27. The van der Waals surface area contributed by atoms with Crippen molar-refractivity contribution in [3.8, 4) is 5.75 Å². The van der Waals surface area contributed by atoms with Gasteiger partial charge in [0.1, 0.15) is 0 Å². The lowest BCUT2D eigenvalue weighted by Gasteiger charge is -2.11. The maximum atomic E-state index is 13.6. The largest absolute Gasteiger partial charge is 0.491 e. The average molecular weight is 260 g/mol. The van der Waals surface area contributed by atoms with E-state index in [4.69, 9.17) is 14.9 Å². The predicted molar refractivity (Wildman–Crippen MR) is 55.5 cm³/mol. The minimum absolute atomic E-state index is 0.0942. The van der Waals surface area contributed by atoms with Crippen LogP contribution in [0.3, 0.4) is 0 Å². The molecule has 7 heteroatoms. The molecule has 0 aliphatic rings. The monoisotopic (exact) mass is 260 g/mol. The lowest BCUT2D eigenvalue weighted by Crippen LogP contribution is -2.22. The number of hydrogen-bond acceptors (Lipinski definition) is 3. The number of benzene rings is 1. The van der Waals surface area contributed by atoms with E-state index in [1.54, 1.807) is 6.92 Å². The van der Waals surface area contributed by atoms with Gasteiger partial charge in [-0.1, -0.05) is 6.07 Å². The molecule has 0 amide bonds. The Morgan fingerprint density at radius 2 is 1.78 bits per heavy atom. The first kappa shape index (κ1) is 13.9. The molecule has 0 saturated carbocycles. The number of carbonyl (C=O) groups is 2. The van der Waals surface area contributed by atoms with Gasteiger partial charge in [0.15, 0.2) is 17.5 Å². The normalized spacial score (nSPS) is 10.4. The first-order valence-corrected chi connectivity index (χ1v) is 4.96. The van der Waals surface area contributed by atoms with Crippen LogP contribution in [-0.2, 0) is 9.59 Å². The van der Waals surface area contributed by atoms with E-state index in [1.807, 2.05) is 0 Å². The fourth-order valence-electron chi connectivity index (χ4n) is 1.41. The Labute approximate surface area is 101 Å². The second kappa shape index (κ2) is 5.44. The van der Waals surface area contributed by atoms with Gasteiger partial charge in [-0.15, -0.1) is 0 Å². The smallest absolute Gasteiger partial charge is 0.322 e. The lowest BCUT2D eigenvalue weighted by atomic mass is 9.98. The van der Waals surface area contributed by atoms with Crippen molar-refractivity contribution >= 4 is 11.9 Å². The summed E-state index contributed by atoms with van der Waals surface area (Å²) in [5.41, 5.74) is -0.754. The van der Waals surface area contributed by atoms with E-state index in [9.17, 15) is 18.4 Å². The molecule has 98 valence electrons. The molecular weight excluding hydrogens is 250 g/mol. The molecule has 0 radical (unpaired) electrons. The number of carboxylic acids is 2. The molecule has 18 heavy (non-hydrogen) atoms. The molecule has 0 fully saturated rings. The van der Waals surface area contributed by atoms with Crippen LogP contribution in [0.4, 0.5) is 8.78 Å². The van der Waals surface area contributed by atoms with Crippen LogP contribution in [0.1, 0.15) is 18.4 Å². The highest BCUT2D eigenvalue weighted by Crippen LogP contribution is 2.28. The third-order valence-corrected chi connectivity index (χ3v) is 2.18. The fraction of sp³-hybridized carbons (Fsp3) is 0.273. The Hall–Kier alpha value is -2.18. The van der Waals surface area contributed by atoms with Gasteiger partial charge in [-0.3, -0.25) is 9.59 Å². The molecule has 5 nitrogen and oxygen atoms in total. The molecule has 0 atom stereocenters. The molecule has 0 aliphatic carbocycles. The van der Waals surface area contributed by atoms with Crippen LogP contribution in [0.15, 0.2) is 12.1 Å². The fourth-order valence-corrected chi connectivity index (χ4v) is 1.41. The van der Waals surface area contributed by atoms with Crippen LogP contribution >= 0.6 is 0 Å². The summed E-state index contributed by atoms with van der Waals surface area (Å²) < 4.78 is 31.8. The number of rotatable bonds is 5. The zero-order chi connectivity index (χ0) is 13.9. The van der Waals surface area contributed by atoms with Gasteiger partial charge in [0, 0.05) is 5.56 Å². The zero-order valence-corrected chi connectivity index (χ0v) is 9.31. The number of ether oxygens (including phenoxy) is 1. The Bertz CT molecular complexity index is 473. The zero-order valence-electron chi connectivity index (χ0n) is 9.31. The van der Waals surface area contributed by atoms with Crippen LogP contribution in [0.25, 0.3) is 0 Å². The molecule has 1 aromatic carbocycles. The Kier molecular flexibility index (Phi) is 4.19. The first-order valence-electron chi connectivity index (χ1n) is 4.96. The van der Waals surface area contributed by atoms with Crippen LogP contribution in [0.2, 0.25) is 0 Å². The quantitative estimate of drug-likeness (QED) is 0.786. The Morgan fingerprint density at radius 1 is 1.22 bits per heavy atom. The van der Waals surface area contributed by atoms with E-state index in [2.05, 4.69) is 0 Å². The van der Waals surface area contributed by atoms with E-state index in [1.165, 1.54) is 0 Å². The van der Waals surface area contributed by atoms with E-state index < -0.39 is 40.8 Å². The third kappa shape index (κ3) is 2.55. The molecule has 1 rings (SSSR count). The van der Waals surface area contributed by atoms with E-state index >= 15 is 0 Å². The molecule has 0 spiro atoms. The van der Waals surface area contributed by atoms with Gasteiger partial charge >= 0.3 is 11.9 Å². The highest BCUT2D eigenvalue weighted by atomic mass is 19.2. The summed E-state index contributed by atoms with van der Waals surface area (Å²) in [6.45, 7) is 1.65. The van der Waals surface area contributed by atoms with Gasteiger partial charge in [-0.05, 0) is 13.0 Å². The summed E-state index contributed by atoms with van der Waals surface area (Å²) in [5.74, 6) is -9.03. The Morgan fingerprint density at radius 3 is 2.22 bits per heavy atom. The van der Waals surface area contributed by atoms with Crippen molar-refractivity contribution in [3.05, 3.63) is 29.3 Å². The van der Waals surface area contributed by atoms with E-state index in [-0.39, 0.29) is 6.61 Å². The van der Waals surface area contributed by atoms with Gasteiger partial charge in [0.05, 0.1) is 6.61 Å². The van der Waals surface area contributed by atoms with Crippen molar-refractivity contribution < 1.29 is 33.3 Å². The SMILES string of the molecule is CCOc1ccc(C(C(=O)O)C(=O)O)c(F)c1F. The van der Waals surface area contributed by atoms with E-state index in [0.29, 0.717) is 0 Å². The number of aliphatic carboxylic acids is 2. The van der Waals surface area contributed by atoms with Crippen LogP contribution < -0.4 is 4.74 Å². The highest BCUT2D eigenvalue weighted by Gasteiger charge is 2.32. The van der Waals surface area contributed by atoms with Gasteiger partial charge in [0.2, 0.25) is 5.82 Å². The van der Waals surface area contributed by atoms with Crippen LogP contribution in [0, 0.1) is 11.6 Å². The summed E-state index contributed by atoms with van der Waals surface area (Å²) in [7, 11) is 0. The molecule has 0 heterocycles. The number of hydrogen-bond donors (Lipinski definition) is 2. The molecule has 2 N–H and O–H groups in total. The maximum absolute atomic E-state index is 13.6. The number of halogens is 2. The summed E-state index contributed by atoms with van der Waals surface area (Å²) in [6, 6.07) is 1.88. The van der Waals surface area contributed by atoms with Crippen molar-refractivity contribution in [3.63, 3.8) is 0 Å². The minimum Gasteiger partial charge on any atom is -0.491 e. The molecular formula is C11H10F2O5. The minimum atomic E-state index is -2.16. The summed E-state index contributed by atoms with van der Waals surface area (Å²) in [6.07, 6.45) is 0. The molecule has 0 unspecified atom stereocenters. The third-order valence-electron chi connectivity index (χ3n) is 2.18. The van der Waals surface area contributed by atoms with Crippen LogP contribution in [0.5, 0.6) is 5.75 Å². The maximum Gasteiger partial charge on any atom is 0.322 e. The molecule has 0 bridgehead atoms. The lowest BCUT2D eigenvalue weighted by molar-refractivity contribution is -0.150. The van der Waals surface area contributed by atoms with Crippen LogP contribution in [-0.4, -0.2) is 28.8 Å². The first-order chi connectivity index (χ1) is 8.40. The summed E-state index contributed by atoms with van der Waals surface area (Å²) in [5, 5.41) is 17.4. The van der Waals surface area contributed by atoms with Crippen molar-refractivity contribution in [2.75, 3.05) is 6.61 Å². The molecule has 0 aromatic heterocycles. The van der Waals surface area contributed by atoms with Crippen molar-refractivity contribution in [2.45, 2.75) is 12.8 Å². The Balaban J connectivity index is 3.30. The van der Waals surface area contributed by atoms with E-state index in [0.717, 1.165) is 12.1 Å². The second-order valence-corrected chi connectivity index (χ2v) is 3.32. The van der Waals surface area contributed by atoms with Gasteiger partial charge in [0.25, 0.3) is 0 Å². The summed E-state index contributed by atoms with van der Waals surface area (Å²) >= 11 is 0. The van der Waals surface area contributed by atoms with Gasteiger partial charge < -0.3 is 14.9 Å². The van der Waals surface area contributed by atoms with Crippen molar-refractivity contribution in [2.24, 2.45) is 0 Å². The molecule has 0 aliphatic heterocycles. The predicted octanol–water partition coefficient (Wildman–Crippen LogP) is 1.62. The molecule has 1 aromatic rings. The topological polar surface area (TPSA) is 83.8 Å². The van der Waals surface area contributed by atoms with Gasteiger partial charge in [-0.2, -0.15) is 4.39 Å². The molecule has 0 saturated heterocycles. The van der Waals surface area contributed by atoms with Gasteiger partial charge in [-0.25, -0.2) is 4.39 Å². The standard InChI is InChI=1S/C11H10F2O5/c1-2-18-6-4-3-5(8(12)9(6)13)7(10(14)15)11(16)17/h3-4,7H,2H2,1H3,(H,14,15)(H,16,17). The second-order valence-electron chi connectivity index (χ2n) is 3.32. The van der Waals surface area contributed by atoms with Crippen molar-refractivity contribution in [1.29, 1.82) is 0 Å². The number of carboxylic acid groups (broad SMARTS) is 2. The summed E-state index contributed by atoms with van der Waals surface area (Å²) in [4.78, 5) is 21.4. The highest BCUT2D eigenvalue weighted by molar-refractivity contribution is 5.99.